The Labute approximate surface area is 122 Å². The van der Waals surface area contributed by atoms with Crippen LogP contribution >= 0.6 is 21.6 Å². The van der Waals surface area contributed by atoms with Gasteiger partial charge in [0.2, 0.25) is 0 Å². The van der Waals surface area contributed by atoms with Gasteiger partial charge in [-0.25, -0.2) is 4.79 Å². The SMILES string of the molecule is C=CC(=O)OCCOC(=O)CCCC[C@@H]1CCSS1. The first kappa shape index (κ1) is 16.4. The number of hydrogen-bond acceptors (Lipinski definition) is 6. The number of esters is 2. The molecule has 0 N–H and O–H groups in total. The van der Waals surface area contributed by atoms with Crippen LogP contribution in [-0.4, -0.2) is 36.2 Å². The van der Waals surface area contributed by atoms with Crippen molar-refractivity contribution in [2.75, 3.05) is 19.0 Å². The molecule has 1 rings (SSSR count). The molecular weight excluding hydrogens is 284 g/mol. The summed E-state index contributed by atoms with van der Waals surface area (Å²) in [6, 6.07) is 0. The second-order valence-electron chi connectivity index (χ2n) is 4.17. The Morgan fingerprint density at radius 3 is 2.74 bits per heavy atom. The van der Waals surface area contributed by atoms with E-state index in [1.165, 1.54) is 18.6 Å². The van der Waals surface area contributed by atoms with E-state index >= 15 is 0 Å². The normalized spacial score (nSPS) is 18.0. The van der Waals surface area contributed by atoms with Crippen molar-refractivity contribution in [3.05, 3.63) is 12.7 Å². The first-order valence-electron chi connectivity index (χ1n) is 6.45. The van der Waals surface area contributed by atoms with Crippen molar-refractivity contribution in [2.24, 2.45) is 0 Å². The van der Waals surface area contributed by atoms with Crippen molar-refractivity contribution >= 4 is 33.5 Å². The third kappa shape index (κ3) is 8.21. The van der Waals surface area contributed by atoms with Crippen molar-refractivity contribution < 1.29 is 19.1 Å². The van der Waals surface area contributed by atoms with Crippen LogP contribution < -0.4 is 0 Å². The highest BCUT2D eigenvalue weighted by Gasteiger charge is 2.15. The fourth-order valence-electron chi connectivity index (χ4n) is 1.63. The number of hydrogen-bond donors (Lipinski definition) is 0. The fourth-order valence-corrected chi connectivity index (χ4v) is 4.66. The molecule has 1 atom stereocenters. The van der Waals surface area contributed by atoms with Crippen LogP contribution in [-0.2, 0) is 19.1 Å². The number of ether oxygens (including phenoxy) is 2. The van der Waals surface area contributed by atoms with E-state index in [9.17, 15) is 9.59 Å². The van der Waals surface area contributed by atoms with Gasteiger partial charge in [0, 0.05) is 23.5 Å². The average molecular weight is 304 g/mol. The van der Waals surface area contributed by atoms with Crippen LogP contribution in [0.3, 0.4) is 0 Å². The zero-order chi connectivity index (χ0) is 13.9. The van der Waals surface area contributed by atoms with Gasteiger partial charge >= 0.3 is 11.9 Å². The Morgan fingerprint density at radius 1 is 1.26 bits per heavy atom. The van der Waals surface area contributed by atoms with E-state index in [-0.39, 0.29) is 19.2 Å². The first-order valence-corrected chi connectivity index (χ1v) is 8.83. The zero-order valence-corrected chi connectivity index (χ0v) is 12.6. The van der Waals surface area contributed by atoms with E-state index in [2.05, 4.69) is 6.58 Å². The van der Waals surface area contributed by atoms with Crippen LogP contribution in [0.15, 0.2) is 12.7 Å². The Hall–Kier alpha value is -0.620. The van der Waals surface area contributed by atoms with E-state index in [0.29, 0.717) is 6.42 Å². The molecule has 0 aromatic carbocycles. The average Bonchev–Trinajstić information content (AvgIpc) is 2.92. The highest BCUT2D eigenvalue weighted by atomic mass is 33.1. The molecule has 0 aromatic heterocycles. The van der Waals surface area contributed by atoms with Crippen LogP contribution in [0.25, 0.3) is 0 Å². The van der Waals surface area contributed by atoms with Crippen LogP contribution in [0.1, 0.15) is 32.1 Å². The highest BCUT2D eigenvalue weighted by Crippen LogP contribution is 2.39. The number of carbonyl (C=O) groups excluding carboxylic acids is 2. The fraction of sp³-hybridized carbons (Fsp3) is 0.692. The summed E-state index contributed by atoms with van der Waals surface area (Å²) in [5.74, 6) is 0.534. The summed E-state index contributed by atoms with van der Waals surface area (Å²) in [5, 5.41) is 0.763. The van der Waals surface area contributed by atoms with Crippen molar-refractivity contribution in [3.8, 4) is 0 Å². The molecule has 0 bridgehead atoms. The molecule has 0 aliphatic carbocycles. The summed E-state index contributed by atoms with van der Waals surface area (Å²) in [4.78, 5) is 22.1. The van der Waals surface area contributed by atoms with Crippen LogP contribution in [0.2, 0.25) is 0 Å². The Balaban J connectivity index is 1.89. The molecule has 0 amide bonds. The van der Waals surface area contributed by atoms with Gasteiger partial charge in [-0.15, -0.1) is 0 Å². The zero-order valence-electron chi connectivity index (χ0n) is 11.0. The molecule has 108 valence electrons. The van der Waals surface area contributed by atoms with E-state index in [1.54, 1.807) is 0 Å². The van der Waals surface area contributed by atoms with Crippen LogP contribution in [0, 0.1) is 0 Å². The lowest BCUT2D eigenvalue weighted by Gasteiger charge is -2.07. The van der Waals surface area contributed by atoms with E-state index in [4.69, 9.17) is 9.47 Å². The van der Waals surface area contributed by atoms with Crippen molar-refractivity contribution in [3.63, 3.8) is 0 Å². The summed E-state index contributed by atoms with van der Waals surface area (Å²) in [7, 11) is 3.91. The van der Waals surface area contributed by atoms with Crippen LogP contribution in [0.5, 0.6) is 0 Å². The number of carbonyl (C=O) groups is 2. The standard InChI is InChI=1S/C13H20O4S2/c1-2-12(14)16-8-9-17-13(15)6-4-3-5-11-7-10-18-19-11/h2,11H,1,3-10H2/t11-/m1/s1. The summed E-state index contributed by atoms with van der Waals surface area (Å²) < 4.78 is 9.64. The Morgan fingerprint density at radius 2 is 2.05 bits per heavy atom. The predicted octanol–water partition coefficient (Wildman–Crippen LogP) is 2.97. The summed E-state index contributed by atoms with van der Waals surface area (Å²) in [6.07, 6.45) is 5.93. The molecule has 1 fully saturated rings. The third-order valence-corrected chi connectivity index (χ3v) is 5.65. The molecule has 1 heterocycles. The molecule has 0 aromatic rings. The minimum atomic E-state index is -0.497. The first-order chi connectivity index (χ1) is 9.22. The molecule has 0 unspecified atom stereocenters. The largest absolute Gasteiger partial charge is 0.462 e. The molecule has 0 saturated carbocycles. The van der Waals surface area contributed by atoms with Crippen molar-refractivity contribution in [1.82, 2.24) is 0 Å². The van der Waals surface area contributed by atoms with Crippen molar-refractivity contribution in [2.45, 2.75) is 37.4 Å². The molecule has 19 heavy (non-hydrogen) atoms. The lowest BCUT2D eigenvalue weighted by atomic mass is 10.1. The minimum absolute atomic E-state index is 0.0898. The molecular formula is C13H20O4S2. The maximum atomic E-state index is 11.4. The quantitative estimate of drug-likeness (QED) is 0.282. The number of rotatable bonds is 9. The maximum absolute atomic E-state index is 11.4. The Bertz CT molecular complexity index is 301. The summed E-state index contributed by atoms with van der Waals surface area (Å²) in [6.45, 7) is 3.48. The topological polar surface area (TPSA) is 52.6 Å². The second kappa shape index (κ2) is 10.2. The minimum Gasteiger partial charge on any atom is -0.462 e. The smallest absolute Gasteiger partial charge is 0.330 e. The molecule has 1 saturated heterocycles. The molecule has 4 nitrogen and oxygen atoms in total. The van der Waals surface area contributed by atoms with Crippen LogP contribution in [0.4, 0.5) is 0 Å². The monoisotopic (exact) mass is 304 g/mol. The van der Waals surface area contributed by atoms with Gasteiger partial charge in [-0.1, -0.05) is 34.6 Å². The second-order valence-corrected chi connectivity index (χ2v) is 6.95. The Kier molecular flexibility index (Phi) is 8.82. The molecule has 1 aliphatic heterocycles. The van der Waals surface area contributed by atoms with E-state index in [1.807, 2.05) is 21.6 Å². The lowest BCUT2D eigenvalue weighted by molar-refractivity contribution is -0.149. The predicted molar refractivity (Wildman–Crippen MR) is 79.0 cm³/mol. The van der Waals surface area contributed by atoms with Gasteiger partial charge in [0.25, 0.3) is 0 Å². The molecule has 6 heteroatoms. The van der Waals surface area contributed by atoms with E-state index in [0.717, 1.165) is 24.2 Å². The van der Waals surface area contributed by atoms with Gasteiger partial charge in [-0.05, 0) is 19.3 Å². The van der Waals surface area contributed by atoms with Gasteiger partial charge in [-0.3, -0.25) is 4.79 Å². The number of unbranched alkanes of at least 4 members (excludes halogenated alkanes) is 1. The summed E-state index contributed by atoms with van der Waals surface area (Å²) in [5.41, 5.74) is 0. The molecule has 0 spiro atoms. The van der Waals surface area contributed by atoms with Gasteiger partial charge in [0.1, 0.15) is 13.2 Å². The van der Waals surface area contributed by atoms with Gasteiger partial charge in [-0.2, -0.15) is 0 Å². The summed E-state index contributed by atoms with van der Waals surface area (Å²) >= 11 is 0. The van der Waals surface area contributed by atoms with Gasteiger partial charge in [0.05, 0.1) is 0 Å². The molecule has 1 aliphatic rings. The van der Waals surface area contributed by atoms with Gasteiger partial charge < -0.3 is 9.47 Å². The van der Waals surface area contributed by atoms with E-state index < -0.39 is 5.97 Å². The highest BCUT2D eigenvalue weighted by molar-refractivity contribution is 8.77. The molecule has 0 radical (unpaired) electrons. The maximum Gasteiger partial charge on any atom is 0.330 e. The third-order valence-electron chi connectivity index (χ3n) is 2.64. The lowest BCUT2D eigenvalue weighted by Crippen LogP contribution is -2.12. The van der Waals surface area contributed by atoms with Crippen molar-refractivity contribution in [1.29, 1.82) is 0 Å². The van der Waals surface area contributed by atoms with Gasteiger partial charge in [0.15, 0.2) is 0 Å².